The van der Waals surface area contributed by atoms with Crippen molar-refractivity contribution in [2.75, 3.05) is 67.9 Å². The second kappa shape index (κ2) is 17.8. The molecule has 50 heavy (non-hydrogen) atoms. The number of anilines is 2. The van der Waals surface area contributed by atoms with Gasteiger partial charge in [0, 0.05) is 62.0 Å². The Hall–Kier alpha value is -2.53. The van der Waals surface area contributed by atoms with Gasteiger partial charge in [-0.15, -0.1) is 11.8 Å². The first-order chi connectivity index (χ1) is 24.0. The Morgan fingerprint density at radius 2 is 1.74 bits per heavy atom. The van der Waals surface area contributed by atoms with Crippen molar-refractivity contribution >= 4 is 58.3 Å². The monoisotopic (exact) mass is 755 g/mol. The van der Waals surface area contributed by atoms with Gasteiger partial charge in [0.15, 0.2) is 0 Å². The van der Waals surface area contributed by atoms with Crippen molar-refractivity contribution in [1.29, 1.82) is 0 Å². The summed E-state index contributed by atoms with van der Waals surface area (Å²) in [7, 11) is 1.41. The van der Waals surface area contributed by atoms with Crippen LogP contribution < -0.4 is 19.9 Å². The van der Waals surface area contributed by atoms with E-state index in [1.807, 2.05) is 23.1 Å². The number of thioether (sulfide) groups is 1. The highest BCUT2D eigenvalue weighted by Gasteiger charge is 2.40. The first-order valence-electron chi connectivity index (χ1n) is 16.9. The van der Waals surface area contributed by atoms with E-state index in [0.29, 0.717) is 72.5 Å². The van der Waals surface area contributed by atoms with E-state index >= 15 is 0 Å². The van der Waals surface area contributed by atoms with Gasteiger partial charge in [0.1, 0.15) is 30.2 Å². The number of hydrogen-bond donors (Lipinski definition) is 6. The molecule has 1 aliphatic carbocycles. The van der Waals surface area contributed by atoms with Crippen LogP contribution in [-0.4, -0.2) is 142 Å². The molecule has 276 valence electrons. The van der Waals surface area contributed by atoms with Crippen LogP contribution in [0, 0.1) is 0 Å². The van der Waals surface area contributed by atoms with E-state index in [9.17, 15) is 30.0 Å². The fraction of sp³-hybridized carbons (Fsp3) is 0.588. The second-order valence-electron chi connectivity index (χ2n) is 13.0. The normalized spacial score (nSPS) is 20.2. The van der Waals surface area contributed by atoms with Crippen LogP contribution in [0.4, 0.5) is 16.2 Å². The lowest BCUT2D eigenvalue weighted by Crippen LogP contribution is -2.52. The second-order valence-corrected chi connectivity index (χ2v) is 14.8. The Balaban J connectivity index is 1.06. The third-order valence-electron chi connectivity index (χ3n) is 9.27. The summed E-state index contributed by atoms with van der Waals surface area (Å²) < 4.78 is 5.88. The number of nitrogens with one attached hydrogen (secondary N) is 1. The minimum atomic E-state index is -1.76. The molecule has 0 unspecified atom stereocenters. The zero-order valence-electron chi connectivity index (χ0n) is 28.0. The Morgan fingerprint density at radius 1 is 1.02 bits per heavy atom. The van der Waals surface area contributed by atoms with E-state index in [1.54, 1.807) is 23.9 Å². The predicted molar refractivity (Wildman–Crippen MR) is 194 cm³/mol. The van der Waals surface area contributed by atoms with Crippen molar-refractivity contribution in [3.05, 3.63) is 52.0 Å². The SMILES string of the molecule is CN(C[C@H](O)[C@@H](O)[C@H](O)[C@H](O)CO)C(=O)NCCCCOc1cc(Cl)c(CN2CSC[C@H]2C(=O)N2CCN(C3CC3)c3ccccc32)cc1Cl. The molecule has 5 rings (SSSR count). The van der Waals surface area contributed by atoms with Gasteiger partial charge in [0.25, 0.3) is 0 Å². The van der Waals surface area contributed by atoms with Crippen molar-refractivity contribution in [3.63, 3.8) is 0 Å². The van der Waals surface area contributed by atoms with Crippen LogP contribution in [-0.2, 0) is 11.3 Å². The molecule has 0 aromatic heterocycles. The van der Waals surface area contributed by atoms with E-state index in [1.165, 1.54) is 19.9 Å². The topological polar surface area (TPSA) is 170 Å². The van der Waals surface area contributed by atoms with Crippen LogP contribution >= 0.6 is 35.0 Å². The maximum Gasteiger partial charge on any atom is 0.317 e. The lowest BCUT2D eigenvalue weighted by molar-refractivity contribution is -0.122. The number of rotatable bonds is 16. The lowest BCUT2D eigenvalue weighted by Gasteiger charge is -2.39. The number of fused-ring (bicyclic) bond motifs is 1. The number of para-hydroxylation sites is 2. The highest BCUT2D eigenvalue weighted by atomic mass is 35.5. The first kappa shape index (κ1) is 38.7. The number of likely N-dealkylation sites (N-methyl/N-ethyl adjacent to an activating group) is 1. The molecule has 1 saturated carbocycles. The largest absolute Gasteiger partial charge is 0.492 e. The first-order valence-corrected chi connectivity index (χ1v) is 18.8. The number of ether oxygens (including phenoxy) is 1. The number of nitrogens with zero attached hydrogens (tertiary/aromatic N) is 4. The number of urea groups is 1. The van der Waals surface area contributed by atoms with Gasteiger partial charge in [-0.25, -0.2) is 4.79 Å². The summed E-state index contributed by atoms with van der Waals surface area (Å²) in [6.07, 6.45) is -3.08. The Bertz CT molecular complexity index is 1470. The van der Waals surface area contributed by atoms with Crippen LogP contribution in [0.25, 0.3) is 0 Å². The van der Waals surface area contributed by atoms with E-state index in [0.717, 1.165) is 28.4 Å². The molecule has 2 aromatic rings. The zero-order chi connectivity index (χ0) is 35.9. The predicted octanol–water partition coefficient (Wildman–Crippen LogP) is 2.12. The highest BCUT2D eigenvalue weighted by molar-refractivity contribution is 7.99. The van der Waals surface area contributed by atoms with Gasteiger partial charge in [-0.05, 0) is 49.4 Å². The fourth-order valence-corrected chi connectivity index (χ4v) is 7.86. The highest BCUT2D eigenvalue weighted by Crippen LogP contribution is 2.41. The van der Waals surface area contributed by atoms with Crippen molar-refractivity contribution in [2.24, 2.45) is 0 Å². The number of benzene rings is 2. The molecule has 5 atom stereocenters. The fourth-order valence-electron chi connectivity index (χ4n) is 6.21. The molecule has 16 heteroatoms. The molecule has 0 bridgehead atoms. The van der Waals surface area contributed by atoms with Crippen LogP contribution in [0.15, 0.2) is 36.4 Å². The van der Waals surface area contributed by atoms with Gasteiger partial charge in [0.2, 0.25) is 5.91 Å². The average Bonchev–Trinajstić information content (AvgIpc) is 3.86. The molecule has 13 nitrogen and oxygen atoms in total. The van der Waals surface area contributed by atoms with Crippen LogP contribution in [0.2, 0.25) is 10.0 Å². The molecule has 6 N–H and O–H groups in total. The molecule has 2 aromatic carbocycles. The van der Waals surface area contributed by atoms with Crippen molar-refractivity contribution in [2.45, 2.75) is 68.7 Å². The number of halogens is 2. The molecule has 2 fully saturated rings. The third-order valence-corrected chi connectivity index (χ3v) is 11.0. The zero-order valence-corrected chi connectivity index (χ0v) is 30.4. The summed E-state index contributed by atoms with van der Waals surface area (Å²) in [5.41, 5.74) is 2.93. The molecule has 0 spiro atoms. The van der Waals surface area contributed by atoms with Crippen molar-refractivity contribution in [3.8, 4) is 5.75 Å². The molecule has 3 aliphatic rings. The molecule has 2 aliphatic heterocycles. The minimum Gasteiger partial charge on any atom is -0.492 e. The molecule has 1 saturated heterocycles. The number of amides is 3. The number of unbranched alkanes of at least 4 members (excludes halogenated alkanes) is 1. The van der Waals surface area contributed by atoms with E-state index in [-0.39, 0.29) is 18.5 Å². The standard InChI is InChI=1S/C34H47Cl2N5O8S/c1-38(17-28(43)31(45)32(46)29(44)18-42)34(48)37-10-4-5-13-49-30-15-23(35)21(14-24(30)36)16-39-20-50-19-27(39)33(47)41-12-11-40(22-8-9-22)25-6-2-3-7-26(25)41/h2-3,6-7,14-15,22,27-29,31-32,42-46H,4-5,8-13,16-20H2,1H3,(H,37,48)/t27-,28-,29+,31+,32+/m0/s1. The summed E-state index contributed by atoms with van der Waals surface area (Å²) in [6, 6.07) is 11.5. The Labute approximate surface area is 306 Å². The average molecular weight is 757 g/mol. The Morgan fingerprint density at radius 3 is 2.46 bits per heavy atom. The van der Waals surface area contributed by atoms with Gasteiger partial charge >= 0.3 is 6.03 Å². The number of aliphatic hydroxyl groups excluding tert-OH is 5. The summed E-state index contributed by atoms with van der Waals surface area (Å²) in [4.78, 5) is 34.0. The summed E-state index contributed by atoms with van der Waals surface area (Å²) in [5.74, 6) is 1.96. The Kier molecular flexibility index (Phi) is 13.8. The summed E-state index contributed by atoms with van der Waals surface area (Å²) in [6.45, 7) is 1.54. The van der Waals surface area contributed by atoms with E-state index in [2.05, 4.69) is 21.2 Å². The third kappa shape index (κ3) is 9.46. The minimum absolute atomic E-state index is 0.106. The van der Waals surface area contributed by atoms with Gasteiger partial charge in [0.05, 0.1) is 42.2 Å². The van der Waals surface area contributed by atoms with Crippen LogP contribution in [0.1, 0.15) is 31.2 Å². The maximum absolute atomic E-state index is 14.0. The molecule has 3 amide bonds. The van der Waals surface area contributed by atoms with Crippen LogP contribution in [0.3, 0.4) is 0 Å². The lowest BCUT2D eigenvalue weighted by atomic mass is 10.0. The molecular formula is C34H47Cl2N5O8S. The van der Waals surface area contributed by atoms with Gasteiger partial charge in [-0.1, -0.05) is 35.3 Å². The maximum atomic E-state index is 14.0. The van der Waals surface area contributed by atoms with Gasteiger partial charge in [-0.2, -0.15) is 0 Å². The van der Waals surface area contributed by atoms with Crippen LogP contribution in [0.5, 0.6) is 5.75 Å². The molecule has 0 radical (unpaired) electrons. The molecule has 2 heterocycles. The van der Waals surface area contributed by atoms with Gasteiger partial charge in [-0.3, -0.25) is 9.69 Å². The number of aliphatic hydroxyl groups is 5. The van der Waals surface area contributed by atoms with E-state index in [4.69, 9.17) is 33.0 Å². The summed E-state index contributed by atoms with van der Waals surface area (Å²) in [5, 5.41) is 51.7. The quantitative estimate of drug-likeness (QED) is 0.139. The summed E-state index contributed by atoms with van der Waals surface area (Å²) >= 11 is 15.0. The number of hydrogen-bond acceptors (Lipinski definition) is 11. The number of carbonyl (C=O) groups excluding carboxylic acids is 2. The number of carbonyl (C=O) groups is 2. The van der Waals surface area contributed by atoms with Crippen molar-refractivity contribution in [1.82, 2.24) is 15.1 Å². The van der Waals surface area contributed by atoms with E-state index < -0.39 is 37.1 Å². The van der Waals surface area contributed by atoms with Gasteiger partial charge < -0.3 is 50.3 Å². The van der Waals surface area contributed by atoms with Crippen molar-refractivity contribution < 1.29 is 39.9 Å². The molecular weight excluding hydrogens is 709 g/mol. The smallest absolute Gasteiger partial charge is 0.317 e.